The number of nitrogens with one attached hydrogen (secondary N) is 1. The molecule has 1 fully saturated rings. The third kappa shape index (κ3) is 5.07. The standard InChI is InChI=1S/C14H26N2O2/c1-3-4-11-16(2)14(18)13(17)15-12-9-7-5-6-8-10-12/h12H,3-11H2,1-2H3,(H,15,17). The number of hydrogen-bond donors (Lipinski definition) is 1. The minimum atomic E-state index is -0.430. The van der Waals surface area contributed by atoms with E-state index in [0.717, 1.165) is 38.5 Å². The van der Waals surface area contributed by atoms with E-state index in [9.17, 15) is 9.59 Å². The van der Waals surface area contributed by atoms with Crippen molar-refractivity contribution in [1.82, 2.24) is 10.2 Å². The van der Waals surface area contributed by atoms with Gasteiger partial charge in [-0.15, -0.1) is 0 Å². The smallest absolute Gasteiger partial charge is 0.311 e. The lowest BCUT2D eigenvalue weighted by Gasteiger charge is -2.19. The molecule has 18 heavy (non-hydrogen) atoms. The molecule has 0 aromatic heterocycles. The van der Waals surface area contributed by atoms with Crippen molar-refractivity contribution in [2.24, 2.45) is 0 Å². The third-order valence-corrected chi connectivity index (χ3v) is 3.58. The minimum absolute atomic E-state index is 0.198. The molecular formula is C14H26N2O2. The molecule has 0 heterocycles. The summed E-state index contributed by atoms with van der Waals surface area (Å²) in [6.45, 7) is 2.73. The maximum Gasteiger partial charge on any atom is 0.311 e. The summed E-state index contributed by atoms with van der Waals surface area (Å²) in [5.41, 5.74) is 0. The van der Waals surface area contributed by atoms with Gasteiger partial charge in [0.1, 0.15) is 0 Å². The largest absolute Gasteiger partial charge is 0.345 e. The van der Waals surface area contributed by atoms with Crippen LogP contribution in [0, 0.1) is 0 Å². The van der Waals surface area contributed by atoms with E-state index < -0.39 is 11.8 Å². The second-order valence-electron chi connectivity index (χ2n) is 5.24. The molecule has 1 aliphatic carbocycles. The van der Waals surface area contributed by atoms with Crippen molar-refractivity contribution in [3.63, 3.8) is 0 Å². The molecule has 0 bridgehead atoms. The molecule has 0 aromatic rings. The lowest BCUT2D eigenvalue weighted by Crippen LogP contribution is -2.45. The fraction of sp³-hybridized carbons (Fsp3) is 0.857. The Hall–Kier alpha value is -1.06. The SMILES string of the molecule is CCCCN(C)C(=O)C(=O)NC1CCCCCC1. The molecule has 0 atom stereocenters. The Morgan fingerprint density at radius 3 is 2.33 bits per heavy atom. The molecule has 0 unspecified atom stereocenters. The summed E-state index contributed by atoms with van der Waals surface area (Å²) < 4.78 is 0. The molecule has 0 saturated heterocycles. The molecule has 1 rings (SSSR count). The van der Waals surface area contributed by atoms with Gasteiger partial charge in [0.15, 0.2) is 0 Å². The lowest BCUT2D eigenvalue weighted by atomic mass is 10.1. The van der Waals surface area contributed by atoms with Crippen LogP contribution >= 0.6 is 0 Å². The van der Waals surface area contributed by atoms with E-state index in [1.165, 1.54) is 17.7 Å². The Morgan fingerprint density at radius 2 is 1.78 bits per heavy atom. The first-order valence-electron chi connectivity index (χ1n) is 7.21. The number of nitrogens with zero attached hydrogens (tertiary/aromatic N) is 1. The number of hydrogen-bond acceptors (Lipinski definition) is 2. The highest BCUT2D eigenvalue weighted by molar-refractivity contribution is 6.35. The molecule has 1 saturated carbocycles. The molecule has 0 radical (unpaired) electrons. The Balaban J connectivity index is 2.36. The molecule has 1 aliphatic rings. The normalized spacial score (nSPS) is 17.0. The number of unbranched alkanes of at least 4 members (excludes halogenated alkanes) is 1. The zero-order valence-corrected chi connectivity index (χ0v) is 11.7. The molecular weight excluding hydrogens is 228 g/mol. The van der Waals surface area contributed by atoms with Crippen LogP contribution in [-0.4, -0.2) is 36.3 Å². The first kappa shape index (κ1) is 15.0. The highest BCUT2D eigenvalue weighted by Gasteiger charge is 2.22. The van der Waals surface area contributed by atoms with Crippen LogP contribution in [0.25, 0.3) is 0 Å². The molecule has 4 nitrogen and oxygen atoms in total. The van der Waals surface area contributed by atoms with E-state index in [-0.39, 0.29) is 6.04 Å². The Labute approximate surface area is 110 Å². The molecule has 1 N–H and O–H groups in total. The van der Waals surface area contributed by atoms with Crippen LogP contribution in [0.2, 0.25) is 0 Å². The molecule has 0 aliphatic heterocycles. The van der Waals surface area contributed by atoms with Gasteiger partial charge in [0.2, 0.25) is 0 Å². The maximum atomic E-state index is 11.8. The summed E-state index contributed by atoms with van der Waals surface area (Å²) in [6, 6.07) is 0.198. The first-order valence-corrected chi connectivity index (χ1v) is 7.21. The van der Waals surface area contributed by atoms with Crippen molar-refractivity contribution in [3.8, 4) is 0 Å². The van der Waals surface area contributed by atoms with E-state index >= 15 is 0 Å². The number of carbonyl (C=O) groups excluding carboxylic acids is 2. The fourth-order valence-corrected chi connectivity index (χ4v) is 2.34. The number of carbonyl (C=O) groups is 2. The molecule has 4 heteroatoms. The Morgan fingerprint density at radius 1 is 1.17 bits per heavy atom. The van der Waals surface area contributed by atoms with Crippen molar-refractivity contribution >= 4 is 11.8 Å². The second-order valence-corrected chi connectivity index (χ2v) is 5.24. The highest BCUT2D eigenvalue weighted by Crippen LogP contribution is 2.17. The Kier molecular flexibility index (Phi) is 6.76. The van der Waals surface area contributed by atoms with Crippen LogP contribution in [0.5, 0.6) is 0 Å². The monoisotopic (exact) mass is 254 g/mol. The average molecular weight is 254 g/mol. The van der Waals surface area contributed by atoms with Gasteiger partial charge in [0.05, 0.1) is 0 Å². The molecule has 0 spiro atoms. The van der Waals surface area contributed by atoms with E-state index in [1.807, 2.05) is 0 Å². The van der Waals surface area contributed by atoms with Crippen LogP contribution in [0.4, 0.5) is 0 Å². The van der Waals surface area contributed by atoms with Gasteiger partial charge in [-0.3, -0.25) is 9.59 Å². The van der Waals surface area contributed by atoms with E-state index in [1.54, 1.807) is 7.05 Å². The van der Waals surface area contributed by atoms with Crippen LogP contribution < -0.4 is 5.32 Å². The van der Waals surface area contributed by atoms with Gasteiger partial charge < -0.3 is 10.2 Å². The summed E-state index contributed by atoms with van der Waals surface area (Å²) in [5.74, 6) is -0.826. The third-order valence-electron chi connectivity index (χ3n) is 3.58. The van der Waals surface area contributed by atoms with Gasteiger partial charge in [-0.2, -0.15) is 0 Å². The Bertz CT molecular complexity index is 271. The summed E-state index contributed by atoms with van der Waals surface area (Å²) in [7, 11) is 1.70. The van der Waals surface area contributed by atoms with Crippen molar-refractivity contribution < 1.29 is 9.59 Å². The van der Waals surface area contributed by atoms with Gasteiger partial charge in [-0.25, -0.2) is 0 Å². The predicted octanol–water partition coefficient (Wildman–Crippen LogP) is 2.08. The number of rotatable bonds is 4. The first-order chi connectivity index (χ1) is 8.65. The topological polar surface area (TPSA) is 49.4 Å². The van der Waals surface area contributed by atoms with Gasteiger partial charge >= 0.3 is 11.8 Å². The van der Waals surface area contributed by atoms with Gasteiger partial charge in [0, 0.05) is 19.6 Å². The molecule has 104 valence electrons. The van der Waals surface area contributed by atoms with Crippen molar-refractivity contribution in [1.29, 1.82) is 0 Å². The van der Waals surface area contributed by atoms with Crippen molar-refractivity contribution in [2.75, 3.05) is 13.6 Å². The van der Waals surface area contributed by atoms with E-state index in [0.29, 0.717) is 6.54 Å². The van der Waals surface area contributed by atoms with Crippen LogP contribution in [-0.2, 0) is 9.59 Å². The zero-order valence-electron chi connectivity index (χ0n) is 11.7. The van der Waals surface area contributed by atoms with Gasteiger partial charge in [0.25, 0.3) is 0 Å². The minimum Gasteiger partial charge on any atom is -0.345 e. The summed E-state index contributed by atoms with van der Waals surface area (Å²) in [4.78, 5) is 25.2. The van der Waals surface area contributed by atoms with E-state index in [4.69, 9.17) is 0 Å². The molecule has 0 aromatic carbocycles. The van der Waals surface area contributed by atoms with E-state index in [2.05, 4.69) is 12.2 Å². The van der Waals surface area contributed by atoms with Crippen molar-refractivity contribution in [3.05, 3.63) is 0 Å². The number of likely N-dealkylation sites (N-methyl/N-ethyl adjacent to an activating group) is 1. The summed E-state index contributed by atoms with van der Waals surface area (Å²) in [5, 5.41) is 2.89. The zero-order chi connectivity index (χ0) is 13.4. The lowest BCUT2D eigenvalue weighted by molar-refractivity contribution is -0.145. The molecule has 2 amide bonds. The predicted molar refractivity (Wildman–Crippen MR) is 72.2 cm³/mol. The quantitative estimate of drug-likeness (QED) is 0.617. The second kappa shape index (κ2) is 8.11. The number of amides is 2. The summed E-state index contributed by atoms with van der Waals surface area (Å²) in [6.07, 6.45) is 8.80. The van der Waals surface area contributed by atoms with Crippen LogP contribution in [0.3, 0.4) is 0 Å². The summed E-state index contributed by atoms with van der Waals surface area (Å²) >= 11 is 0. The van der Waals surface area contributed by atoms with Crippen LogP contribution in [0.15, 0.2) is 0 Å². The maximum absolute atomic E-state index is 11.8. The van der Waals surface area contributed by atoms with Gasteiger partial charge in [-0.1, -0.05) is 39.0 Å². The van der Waals surface area contributed by atoms with Gasteiger partial charge in [-0.05, 0) is 19.3 Å². The highest BCUT2D eigenvalue weighted by atomic mass is 16.2. The van der Waals surface area contributed by atoms with Crippen LogP contribution in [0.1, 0.15) is 58.3 Å². The average Bonchev–Trinajstić information content (AvgIpc) is 2.63. The van der Waals surface area contributed by atoms with Crippen molar-refractivity contribution in [2.45, 2.75) is 64.3 Å². The fourth-order valence-electron chi connectivity index (χ4n) is 2.34.